The summed E-state index contributed by atoms with van der Waals surface area (Å²) in [5.74, 6) is 0.733. The summed E-state index contributed by atoms with van der Waals surface area (Å²) in [6, 6.07) is 3.89. The summed E-state index contributed by atoms with van der Waals surface area (Å²) < 4.78 is 10.6. The van der Waals surface area contributed by atoms with Crippen molar-refractivity contribution in [1.29, 1.82) is 0 Å². The standard InChI is InChI=1S/C15H21NO4/c1-10-11(5-6-12(19-3)13(10)20-4)7-16-8-15(2,9-16)14(17)18/h5-6H,7-9H2,1-4H3,(H,17,18). The molecule has 5 nitrogen and oxygen atoms in total. The zero-order valence-electron chi connectivity index (χ0n) is 12.4. The zero-order valence-corrected chi connectivity index (χ0v) is 12.4. The van der Waals surface area contributed by atoms with Gasteiger partial charge in [-0.1, -0.05) is 6.07 Å². The second kappa shape index (κ2) is 5.32. The van der Waals surface area contributed by atoms with Crippen LogP contribution in [0.5, 0.6) is 11.5 Å². The Kier molecular flexibility index (Phi) is 3.90. The van der Waals surface area contributed by atoms with Gasteiger partial charge in [0.2, 0.25) is 0 Å². The minimum absolute atomic E-state index is 0.579. The van der Waals surface area contributed by atoms with E-state index >= 15 is 0 Å². The molecule has 0 aromatic heterocycles. The number of carbonyl (C=O) groups is 1. The van der Waals surface area contributed by atoms with E-state index in [1.807, 2.05) is 19.1 Å². The molecule has 0 spiro atoms. The van der Waals surface area contributed by atoms with E-state index in [2.05, 4.69) is 4.90 Å². The second-order valence-electron chi connectivity index (χ2n) is 5.60. The SMILES string of the molecule is COc1ccc(CN2CC(C)(C(=O)O)C2)c(C)c1OC. The van der Waals surface area contributed by atoms with Crippen LogP contribution in [-0.2, 0) is 11.3 Å². The van der Waals surface area contributed by atoms with Crippen LogP contribution in [0.4, 0.5) is 0 Å². The van der Waals surface area contributed by atoms with Crippen LogP contribution < -0.4 is 9.47 Å². The van der Waals surface area contributed by atoms with Crippen LogP contribution in [0.3, 0.4) is 0 Å². The number of likely N-dealkylation sites (tertiary alicyclic amines) is 1. The fraction of sp³-hybridized carbons (Fsp3) is 0.533. The molecule has 2 rings (SSSR count). The maximum Gasteiger partial charge on any atom is 0.311 e. The van der Waals surface area contributed by atoms with E-state index in [9.17, 15) is 4.79 Å². The van der Waals surface area contributed by atoms with E-state index in [0.717, 1.165) is 23.4 Å². The predicted octanol–water partition coefficient (Wildman–Crippen LogP) is 1.92. The lowest BCUT2D eigenvalue weighted by Gasteiger charge is -2.45. The molecule has 0 bridgehead atoms. The van der Waals surface area contributed by atoms with Crippen molar-refractivity contribution in [2.45, 2.75) is 20.4 Å². The third-order valence-corrected chi connectivity index (χ3v) is 3.96. The van der Waals surface area contributed by atoms with E-state index in [-0.39, 0.29) is 0 Å². The van der Waals surface area contributed by atoms with Gasteiger partial charge < -0.3 is 14.6 Å². The Balaban J connectivity index is 2.11. The first-order valence-corrected chi connectivity index (χ1v) is 6.57. The minimum Gasteiger partial charge on any atom is -0.493 e. The van der Waals surface area contributed by atoms with E-state index in [0.29, 0.717) is 18.8 Å². The van der Waals surface area contributed by atoms with Crippen LogP contribution in [0.15, 0.2) is 12.1 Å². The smallest absolute Gasteiger partial charge is 0.311 e. The highest BCUT2D eigenvalue weighted by Gasteiger charge is 2.45. The highest BCUT2D eigenvalue weighted by Crippen LogP contribution is 2.36. The number of rotatable bonds is 5. The number of carboxylic acid groups (broad SMARTS) is 1. The number of methoxy groups -OCH3 is 2. The molecule has 110 valence electrons. The minimum atomic E-state index is -0.724. The molecule has 1 aromatic carbocycles. The molecule has 1 aromatic rings. The maximum atomic E-state index is 11.1. The van der Waals surface area contributed by atoms with Crippen LogP contribution >= 0.6 is 0 Å². The number of benzene rings is 1. The Morgan fingerprint density at radius 1 is 1.35 bits per heavy atom. The van der Waals surface area contributed by atoms with E-state index in [1.54, 1.807) is 21.1 Å². The van der Waals surface area contributed by atoms with Gasteiger partial charge in [-0.25, -0.2) is 0 Å². The molecule has 20 heavy (non-hydrogen) atoms. The van der Waals surface area contributed by atoms with Gasteiger partial charge in [0.15, 0.2) is 11.5 Å². The predicted molar refractivity (Wildman–Crippen MR) is 75.3 cm³/mol. The zero-order chi connectivity index (χ0) is 14.9. The molecule has 0 saturated carbocycles. The summed E-state index contributed by atoms with van der Waals surface area (Å²) in [4.78, 5) is 13.2. The molecular weight excluding hydrogens is 258 g/mol. The van der Waals surface area contributed by atoms with Crippen molar-refractivity contribution >= 4 is 5.97 Å². The molecule has 1 fully saturated rings. The monoisotopic (exact) mass is 279 g/mol. The number of nitrogens with zero attached hydrogens (tertiary/aromatic N) is 1. The molecule has 0 aliphatic carbocycles. The molecule has 5 heteroatoms. The lowest BCUT2D eigenvalue weighted by Crippen LogP contribution is -2.58. The molecule has 1 saturated heterocycles. The number of aliphatic carboxylic acids is 1. The third-order valence-electron chi connectivity index (χ3n) is 3.96. The highest BCUT2D eigenvalue weighted by molar-refractivity contribution is 5.76. The maximum absolute atomic E-state index is 11.1. The Morgan fingerprint density at radius 2 is 2.00 bits per heavy atom. The molecule has 1 aliphatic rings. The summed E-state index contributed by atoms with van der Waals surface area (Å²) in [5.41, 5.74) is 1.57. The van der Waals surface area contributed by atoms with Gasteiger partial charge in [0.25, 0.3) is 0 Å². The average molecular weight is 279 g/mol. The van der Waals surface area contributed by atoms with Gasteiger partial charge in [-0.2, -0.15) is 0 Å². The Bertz CT molecular complexity index is 521. The molecule has 0 radical (unpaired) electrons. The topological polar surface area (TPSA) is 59.0 Å². The van der Waals surface area contributed by atoms with E-state index in [4.69, 9.17) is 14.6 Å². The Labute approximate surface area is 119 Å². The molecule has 0 atom stereocenters. The van der Waals surface area contributed by atoms with Crippen molar-refractivity contribution in [3.8, 4) is 11.5 Å². The van der Waals surface area contributed by atoms with Gasteiger partial charge in [-0.3, -0.25) is 9.69 Å². The summed E-state index contributed by atoms with van der Waals surface area (Å²) in [6.45, 7) is 5.67. The van der Waals surface area contributed by atoms with Gasteiger partial charge in [0.05, 0.1) is 19.6 Å². The number of hydrogen-bond acceptors (Lipinski definition) is 4. The summed E-state index contributed by atoms with van der Waals surface area (Å²) in [6.07, 6.45) is 0. The fourth-order valence-corrected chi connectivity index (χ4v) is 2.72. The molecule has 1 N–H and O–H groups in total. The number of ether oxygens (including phenoxy) is 2. The first-order valence-electron chi connectivity index (χ1n) is 6.57. The summed E-state index contributed by atoms with van der Waals surface area (Å²) in [7, 11) is 3.24. The van der Waals surface area contributed by atoms with Crippen molar-refractivity contribution in [3.05, 3.63) is 23.3 Å². The summed E-state index contributed by atoms with van der Waals surface area (Å²) in [5, 5.41) is 9.12. The van der Waals surface area contributed by atoms with Gasteiger partial charge >= 0.3 is 5.97 Å². The normalized spacial score (nSPS) is 17.4. The van der Waals surface area contributed by atoms with Crippen molar-refractivity contribution in [3.63, 3.8) is 0 Å². The van der Waals surface area contributed by atoms with Crippen LogP contribution in [0, 0.1) is 12.3 Å². The highest BCUT2D eigenvalue weighted by atomic mass is 16.5. The van der Waals surface area contributed by atoms with E-state index in [1.165, 1.54) is 0 Å². The number of carboxylic acids is 1. The van der Waals surface area contributed by atoms with Crippen LogP contribution in [-0.4, -0.2) is 43.3 Å². The molecular formula is C15H21NO4. The third kappa shape index (κ3) is 2.45. The molecule has 1 heterocycles. The largest absolute Gasteiger partial charge is 0.493 e. The van der Waals surface area contributed by atoms with Crippen molar-refractivity contribution < 1.29 is 19.4 Å². The van der Waals surface area contributed by atoms with Gasteiger partial charge in [0, 0.05) is 19.6 Å². The van der Waals surface area contributed by atoms with Crippen molar-refractivity contribution in [1.82, 2.24) is 4.90 Å². The Morgan fingerprint density at radius 3 is 2.50 bits per heavy atom. The van der Waals surface area contributed by atoms with Gasteiger partial charge in [-0.05, 0) is 31.0 Å². The fourth-order valence-electron chi connectivity index (χ4n) is 2.72. The lowest BCUT2D eigenvalue weighted by molar-refractivity contribution is -0.158. The van der Waals surface area contributed by atoms with Crippen LogP contribution in [0.2, 0.25) is 0 Å². The second-order valence-corrected chi connectivity index (χ2v) is 5.60. The molecule has 0 amide bonds. The van der Waals surface area contributed by atoms with Crippen LogP contribution in [0.1, 0.15) is 18.1 Å². The first kappa shape index (κ1) is 14.7. The van der Waals surface area contributed by atoms with E-state index < -0.39 is 11.4 Å². The number of hydrogen-bond donors (Lipinski definition) is 1. The first-order chi connectivity index (χ1) is 9.41. The molecule has 1 aliphatic heterocycles. The molecule has 0 unspecified atom stereocenters. The summed E-state index contributed by atoms with van der Waals surface area (Å²) >= 11 is 0. The average Bonchev–Trinajstić information content (AvgIpc) is 2.38. The Hall–Kier alpha value is -1.75. The quantitative estimate of drug-likeness (QED) is 0.892. The van der Waals surface area contributed by atoms with Crippen molar-refractivity contribution in [2.75, 3.05) is 27.3 Å². The van der Waals surface area contributed by atoms with Gasteiger partial charge in [-0.15, -0.1) is 0 Å². The van der Waals surface area contributed by atoms with Crippen LogP contribution in [0.25, 0.3) is 0 Å². The lowest BCUT2D eigenvalue weighted by atomic mass is 9.82. The van der Waals surface area contributed by atoms with Crippen molar-refractivity contribution in [2.24, 2.45) is 5.41 Å². The van der Waals surface area contributed by atoms with Gasteiger partial charge in [0.1, 0.15) is 0 Å².